The van der Waals surface area contributed by atoms with Crippen LogP contribution in [0.5, 0.6) is 0 Å². The molecule has 0 spiro atoms. The number of fused-ring (bicyclic) bond motifs is 1. The van der Waals surface area contributed by atoms with E-state index in [9.17, 15) is 0 Å². The lowest BCUT2D eigenvalue weighted by atomic mass is 9.90. The second-order valence-corrected chi connectivity index (χ2v) is 4.40. The zero-order valence-electron chi connectivity index (χ0n) is 9.11. The lowest BCUT2D eigenvalue weighted by Gasteiger charge is -2.18. The van der Waals surface area contributed by atoms with Gasteiger partial charge in [-0.15, -0.1) is 0 Å². The van der Waals surface area contributed by atoms with Crippen molar-refractivity contribution in [3.8, 4) is 11.3 Å². The molecule has 0 fully saturated rings. The summed E-state index contributed by atoms with van der Waals surface area (Å²) in [4.78, 5) is 0. The molecule has 1 aliphatic rings. The average Bonchev–Trinajstić information content (AvgIpc) is 2.73. The highest BCUT2D eigenvalue weighted by Gasteiger charge is 2.21. The predicted molar refractivity (Wildman–Crippen MR) is 64.0 cm³/mol. The Balaban J connectivity index is 2.07. The standard InChI is InChI=1S/C13H15N3/c14-10-6-7-12-11(8-10)13(16-15-12)9-4-2-1-3-5-9/h1-5,10H,6-8,14H2,(H,15,16)/t10-/m1/s1. The summed E-state index contributed by atoms with van der Waals surface area (Å²) in [6, 6.07) is 10.6. The second kappa shape index (κ2) is 3.76. The molecule has 0 bridgehead atoms. The summed E-state index contributed by atoms with van der Waals surface area (Å²) in [6.45, 7) is 0. The Labute approximate surface area is 94.7 Å². The number of nitrogens with one attached hydrogen (secondary N) is 1. The van der Waals surface area contributed by atoms with Gasteiger partial charge in [-0.2, -0.15) is 5.10 Å². The summed E-state index contributed by atoms with van der Waals surface area (Å²) in [5, 5.41) is 7.56. The van der Waals surface area contributed by atoms with E-state index in [0.717, 1.165) is 25.0 Å². The van der Waals surface area contributed by atoms with Crippen molar-refractivity contribution in [2.45, 2.75) is 25.3 Å². The number of H-pyrrole nitrogens is 1. The molecule has 1 aromatic carbocycles. The Hall–Kier alpha value is -1.61. The molecule has 1 aromatic heterocycles. The van der Waals surface area contributed by atoms with Crippen LogP contribution in [0, 0.1) is 0 Å². The van der Waals surface area contributed by atoms with Crippen molar-refractivity contribution in [3.05, 3.63) is 41.6 Å². The van der Waals surface area contributed by atoms with Crippen molar-refractivity contribution in [1.82, 2.24) is 10.2 Å². The minimum atomic E-state index is 0.285. The molecule has 2 aromatic rings. The first-order valence-corrected chi connectivity index (χ1v) is 5.71. The number of nitrogens with two attached hydrogens (primary N) is 1. The summed E-state index contributed by atoms with van der Waals surface area (Å²) in [7, 11) is 0. The SMILES string of the molecule is N[C@@H]1CCc2[nH]nc(-c3ccccc3)c2C1. The van der Waals surface area contributed by atoms with Crippen LogP contribution in [-0.2, 0) is 12.8 Å². The number of hydrogen-bond acceptors (Lipinski definition) is 2. The molecule has 0 unspecified atom stereocenters. The van der Waals surface area contributed by atoms with E-state index in [1.165, 1.54) is 16.8 Å². The van der Waals surface area contributed by atoms with Crippen molar-refractivity contribution in [3.63, 3.8) is 0 Å². The fourth-order valence-electron chi connectivity index (χ4n) is 2.36. The van der Waals surface area contributed by atoms with Gasteiger partial charge in [0.1, 0.15) is 0 Å². The van der Waals surface area contributed by atoms with Crippen molar-refractivity contribution >= 4 is 0 Å². The lowest BCUT2D eigenvalue weighted by molar-refractivity contribution is 0.572. The molecule has 0 aliphatic heterocycles. The van der Waals surface area contributed by atoms with Crippen molar-refractivity contribution < 1.29 is 0 Å². The van der Waals surface area contributed by atoms with Gasteiger partial charge < -0.3 is 5.73 Å². The van der Waals surface area contributed by atoms with Crippen LogP contribution < -0.4 is 5.73 Å². The van der Waals surface area contributed by atoms with Crippen LogP contribution in [0.15, 0.2) is 30.3 Å². The van der Waals surface area contributed by atoms with Gasteiger partial charge >= 0.3 is 0 Å². The molecular weight excluding hydrogens is 198 g/mol. The molecule has 3 heteroatoms. The Morgan fingerprint density at radius 2 is 2.06 bits per heavy atom. The molecule has 16 heavy (non-hydrogen) atoms. The van der Waals surface area contributed by atoms with Gasteiger partial charge in [0.2, 0.25) is 0 Å². The van der Waals surface area contributed by atoms with Gasteiger partial charge in [-0.1, -0.05) is 30.3 Å². The van der Waals surface area contributed by atoms with E-state index in [-0.39, 0.29) is 6.04 Å². The predicted octanol–water partition coefficient (Wildman–Crippen LogP) is 1.89. The van der Waals surface area contributed by atoms with E-state index in [1.54, 1.807) is 0 Å². The molecule has 0 amide bonds. The van der Waals surface area contributed by atoms with Crippen LogP contribution in [0.3, 0.4) is 0 Å². The number of aromatic amines is 1. The third-order valence-corrected chi connectivity index (χ3v) is 3.23. The molecule has 0 saturated carbocycles. The first-order valence-electron chi connectivity index (χ1n) is 5.71. The fourth-order valence-corrected chi connectivity index (χ4v) is 2.36. The molecular formula is C13H15N3. The Morgan fingerprint density at radius 1 is 1.25 bits per heavy atom. The zero-order valence-corrected chi connectivity index (χ0v) is 9.11. The first-order chi connectivity index (χ1) is 7.84. The molecule has 82 valence electrons. The van der Waals surface area contributed by atoms with Crippen LogP contribution >= 0.6 is 0 Å². The van der Waals surface area contributed by atoms with Crippen LogP contribution in [0.25, 0.3) is 11.3 Å². The molecule has 3 nitrogen and oxygen atoms in total. The Kier molecular flexibility index (Phi) is 2.26. The highest BCUT2D eigenvalue weighted by Crippen LogP contribution is 2.28. The summed E-state index contributed by atoms with van der Waals surface area (Å²) >= 11 is 0. The second-order valence-electron chi connectivity index (χ2n) is 4.40. The smallest absolute Gasteiger partial charge is 0.0956 e. The van der Waals surface area contributed by atoms with Crippen molar-refractivity contribution in [1.29, 1.82) is 0 Å². The summed E-state index contributed by atoms with van der Waals surface area (Å²) in [5.74, 6) is 0. The van der Waals surface area contributed by atoms with E-state index in [1.807, 2.05) is 18.2 Å². The van der Waals surface area contributed by atoms with E-state index >= 15 is 0 Å². The summed E-state index contributed by atoms with van der Waals surface area (Å²) < 4.78 is 0. The van der Waals surface area contributed by atoms with Crippen LogP contribution in [-0.4, -0.2) is 16.2 Å². The molecule has 0 saturated heterocycles. The maximum atomic E-state index is 6.01. The van der Waals surface area contributed by atoms with Crippen molar-refractivity contribution in [2.24, 2.45) is 5.73 Å². The highest BCUT2D eigenvalue weighted by molar-refractivity contribution is 5.64. The number of benzene rings is 1. The quantitative estimate of drug-likeness (QED) is 0.760. The van der Waals surface area contributed by atoms with E-state index in [4.69, 9.17) is 5.73 Å². The van der Waals surface area contributed by atoms with Crippen LogP contribution in [0.1, 0.15) is 17.7 Å². The first kappa shape index (κ1) is 9.60. The number of aryl methyl sites for hydroxylation is 1. The largest absolute Gasteiger partial charge is 0.327 e. The molecule has 3 N–H and O–H groups in total. The van der Waals surface area contributed by atoms with Gasteiger partial charge in [0.05, 0.1) is 5.69 Å². The third-order valence-electron chi connectivity index (χ3n) is 3.23. The fraction of sp³-hybridized carbons (Fsp3) is 0.308. The minimum absolute atomic E-state index is 0.285. The number of rotatable bonds is 1. The summed E-state index contributed by atoms with van der Waals surface area (Å²) in [5.41, 5.74) is 10.8. The van der Waals surface area contributed by atoms with Gasteiger partial charge in [0, 0.05) is 22.9 Å². The van der Waals surface area contributed by atoms with E-state index < -0.39 is 0 Å². The van der Waals surface area contributed by atoms with E-state index in [2.05, 4.69) is 22.3 Å². The van der Waals surface area contributed by atoms with Crippen LogP contribution in [0.2, 0.25) is 0 Å². The van der Waals surface area contributed by atoms with E-state index in [0.29, 0.717) is 0 Å². The molecule has 1 heterocycles. The lowest BCUT2D eigenvalue weighted by Crippen LogP contribution is -2.27. The highest BCUT2D eigenvalue weighted by atomic mass is 15.1. The topological polar surface area (TPSA) is 54.7 Å². The number of aromatic nitrogens is 2. The Bertz CT molecular complexity index is 487. The van der Waals surface area contributed by atoms with Crippen molar-refractivity contribution in [2.75, 3.05) is 0 Å². The maximum absolute atomic E-state index is 6.01. The van der Waals surface area contributed by atoms with Gasteiger partial charge in [0.15, 0.2) is 0 Å². The molecule has 0 radical (unpaired) electrons. The number of hydrogen-bond donors (Lipinski definition) is 2. The van der Waals surface area contributed by atoms with Gasteiger partial charge in [0.25, 0.3) is 0 Å². The minimum Gasteiger partial charge on any atom is -0.327 e. The third kappa shape index (κ3) is 1.53. The monoisotopic (exact) mass is 213 g/mol. The zero-order chi connectivity index (χ0) is 11.0. The van der Waals surface area contributed by atoms with Gasteiger partial charge in [-0.25, -0.2) is 0 Å². The summed E-state index contributed by atoms with van der Waals surface area (Å²) in [6.07, 6.45) is 3.02. The molecule has 3 rings (SSSR count). The molecule has 1 aliphatic carbocycles. The maximum Gasteiger partial charge on any atom is 0.0956 e. The normalized spacial score (nSPS) is 19.4. The van der Waals surface area contributed by atoms with Gasteiger partial charge in [-0.3, -0.25) is 5.10 Å². The molecule has 1 atom stereocenters. The van der Waals surface area contributed by atoms with Crippen LogP contribution in [0.4, 0.5) is 0 Å². The average molecular weight is 213 g/mol. The Morgan fingerprint density at radius 3 is 2.88 bits per heavy atom. The van der Waals surface area contributed by atoms with Gasteiger partial charge in [-0.05, 0) is 19.3 Å². The number of nitrogens with zero attached hydrogens (tertiary/aromatic N) is 1.